The number of piperidine rings is 1. The predicted molar refractivity (Wildman–Crippen MR) is 139 cm³/mol. The Morgan fingerprint density at radius 2 is 1.72 bits per heavy atom. The van der Waals surface area contributed by atoms with Crippen LogP contribution in [-0.4, -0.2) is 46.5 Å². The van der Waals surface area contributed by atoms with E-state index in [0.717, 1.165) is 43.5 Å². The van der Waals surface area contributed by atoms with Gasteiger partial charge in [0.2, 0.25) is 5.91 Å². The number of amides is 1. The lowest BCUT2D eigenvalue weighted by atomic mass is 9.90. The minimum absolute atomic E-state index is 0.00391. The quantitative estimate of drug-likeness (QED) is 0.502. The van der Waals surface area contributed by atoms with Gasteiger partial charge in [-0.3, -0.25) is 24.0 Å². The first kappa shape index (κ1) is 25.4. The van der Waals surface area contributed by atoms with Crippen LogP contribution in [0.3, 0.4) is 0 Å². The summed E-state index contributed by atoms with van der Waals surface area (Å²) in [5.74, 6) is -0.0240. The Labute approximate surface area is 209 Å². The number of hydrogen-bond donors (Lipinski definition) is 2. The van der Waals surface area contributed by atoms with Gasteiger partial charge in [-0.05, 0) is 68.5 Å². The molecule has 3 N–H and O–H groups in total. The normalized spacial score (nSPS) is 14.6. The fraction of sp³-hybridized carbons (Fsp3) is 0.370. The molecular weight excluding hydrogens is 461 g/mol. The van der Waals surface area contributed by atoms with Crippen molar-refractivity contribution < 1.29 is 9.18 Å². The second kappa shape index (κ2) is 11.3. The maximum atomic E-state index is 13.3. The van der Waals surface area contributed by atoms with Crippen LogP contribution in [0.25, 0.3) is 0 Å². The maximum Gasteiger partial charge on any atom is 0.330 e. The van der Waals surface area contributed by atoms with Crippen molar-refractivity contribution in [3.8, 4) is 0 Å². The van der Waals surface area contributed by atoms with Crippen molar-refractivity contribution in [1.82, 2.24) is 14.5 Å². The molecule has 1 aliphatic rings. The largest absolute Gasteiger partial charge is 0.383 e. The molecule has 1 aliphatic heterocycles. The lowest BCUT2D eigenvalue weighted by molar-refractivity contribution is -0.120. The number of aromatic amines is 1. The molecule has 36 heavy (non-hydrogen) atoms. The number of nitrogens with zero attached hydrogens (tertiary/aromatic N) is 3. The summed E-state index contributed by atoms with van der Waals surface area (Å²) in [6.45, 7) is 3.88. The molecular formula is C27H32FN5O3. The highest BCUT2D eigenvalue weighted by atomic mass is 19.1. The van der Waals surface area contributed by atoms with Crippen LogP contribution in [0.4, 0.5) is 15.9 Å². The van der Waals surface area contributed by atoms with Crippen molar-refractivity contribution in [3.05, 3.63) is 92.4 Å². The molecule has 3 aromatic rings. The number of nitrogens with one attached hydrogen (secondary N) is 1. The zero-order chi connectivity index (χ0) is 25.7. The van der Waals surface area contributed by atoms with Gasteiger partial charge in [0, 0.05) is 6.54 Å². The molecule has 0 unspecified atom stereocenters. The average Bonchev–Trinajstić information content (AvgIpc) is 2.87. The molecule has 0 aliphatic carbocycles. The first-order valence-corrected chi connectivity index (χ1v) is 12.3. The topological polar surface area (TPSA) is 104 Å². The molecule has 2 aromatic carbocycles. The van der Waals surface area contributed by atoms with Crippen molar-refractivity contribution in [2.24, 2.45) is 5.92 Å². The van der Waals surface area contributed by atoms with Gasteiger partial charge in [0.1, 0.15) is 11.6 Å². The number of likely N-dealkylation sites (tertiary alicyclic amines) is 1. The summed E-state index contributed by atoms with van der Waals surface area (Å²) in [6.07, 6.45) is 2.75. The number of likely N-dealkylation sites (N-methyl/N-ethyl adjacent to an activating group) is 1. The van der Waals surface area contributed by atoms with E-state index < -0.39 is 11.2 Å². The number of carbonyl (C=O) groups is 1. The first-order chi connectivity index (χ1) is 17.4. The van der Waals surface area contributed by atoms with Crippen LogP contribution in [0.5, 0.6) is 0 Å². The van der Waals surface area contributed by atoms with Gasteiger partial charge in [0.05, 0.1) is 13.1 Å². The van der Waals surface area contributed by atoms with Gasteiger partial charge in [0.15, 0.2) is 5.69 Å². The van der Waals surface area contributed by atoms with Gasteiger partial charge in [-0.25, -0.2) is 9.18 Å². The minimum Gasteiger partial charge on any atom is -0.383 e. The third kappa shape index (κ3) is 5.91. The smallest absolute Gasteiger partial charge is 0.330 e. The molecule has 1 aromatic heterocycles. The molecule has 0 bridgehead atoms. The van der Waals surface area contributed by atoms with Gasteiger partial charge in [0.25, 0.3) is 5.56 Å². The molecule has 0 radical (unpaired) electrons. The Bertz CT molecular complexity index is 1300. The Morgan fingerprint density at radius 3 is 2.36 bits per heavy atom. The third-order valence-corrected chi connectivity index (χ3v) is 6.79. The standard InChI is InChI=1S/C27H32FN5O3/c1-2-32(24-25(29)33(27(36)30-26(24)35)17-21-6-4-3-5-7-21)23(34)18-31-14-12-20(13-15-31)16-19-8-10-22(28)11-9-19/h3-11,20H,2,12-18,29H2,1H3,(H,30,35,36). The van der Waals surface area contributed by atoms with Crippen molar-refractivity contribution in [2.45, 2.75) is 32.7 Å². The van der Waals surface area contributed by atoms with Crippen LogP contribution in [0.2, 0.25) is 0 Å². The summed E-state index contributed by atoms with van der Waals surface area (Å²) in [6, 6.07) is 15.9. The van der Waals surface area contributed by atoms with Gasteiger partial charge in [-0.15, -0.1) is 0 Å². The van der Waals surface area contributed by atoms with E-state index in [9.17, 15) is 18.8 Å². The molecule has 190 valence electrons. The monoisotopic (exact) mass is 493 g/mol. The van der Waals surface area contributed by atoms with Gasteiger partial charge >= 0.3 is 5.69 Å². The molecule has 0 atom stereocenters. The van der Waals surface area contributed by atoms with E-state index in [4.69, 9.17) is 5.73 Å². The first-order valence-electron chi connectivity index (χ1n) is 12.3. The summed E-state index contributed by atoms with van der Waals surface area (Å²) in [5.41, 5.74) is 6.98. The fourth-order valence-electron chi connectivity index (χ4n) is 4.80. The van der Waals surface area contributed by atoms with Crippen molar-refractivity contribution in [2.75, 3.05) is 36.8 Å². The molecule has 1 fully saturated rings. The van der Waals surface area contributed by atoms with E-state index in [2.05, 4.69) is 9.88 Å². The predicted octanol–water partition coefficient (Wildman–Crippen LogP) is 2.61. The Morgan fingerprint density at radius 1 is 1.06 bits per heavy atom. The maximum absolute atomic E-state index is 13.3. The molecule has 0 spiro atoms. The molecule has 8 nitrogen and oxygen atoms in total. The summed E-state index contributed by atoms with van der Waals surface area (Å²) in [5, 5.41) is 0. The number of nitrogens with two attached hydrogens (primary N) is 1. The second-order valence-corrected chi connectivity index (χ2v) is 9.25. The molecule has 0 saturated carbocycles. The second-order valence-electron chi connectivity index (χ2n) is 9.25. The summed E-state index contributed by atoms with van der Waals surface area (Å²) in [7, 11) is 0. The number of anilines is 2. The van der Waals surface area contributed by atoms with Crippen LogP contribution < -0.4 is 21.9 Å². The molecule has 9 heteroatoms. The van der Waals surface area contributed by atoms with Crippen molar-refractivity contribution in [1.29, 1.82) is 0 Å². The fourth-order valence-corrected chi connectivity index (χ4v) is 4.80. The highest BCUT2D eigenvalue weighted by Gasteiger charge is 2.27. The average molecular weight is 494 g/mol. The third-order valence-electron chi connectivity index (χ3n) is 6.79. The molecule has 2 heterocycles. The molecule has 4 rings (SSSR count). The number of rotatable bonds is 8. The molecule has 1 saturated heterocycles. The zero-order valence-corrected chi connectivity index (χ0v) is 20.5. The number of hydrogen-bond acceptors (Lipinski definition) is 5. The summed E-state index contributed by atoms with van der Waals surface area (Å²) in [4.78, 5) is 44.2. The van der Waals surface area contributed by atoms with E-state index in [0.29, 0.717) is 5.92 Å². The Kier molecular flexibility index (Phi) is 8.00. The molecule has 1 amide bonds. The highest BCUT2D eigenvalue weighted by molar-refractivity contribution is 5.96. The number of H-pyrrole nitrogens is 1. The van der Waals surface area contributed by atoms with Crippen LogP contribution in [-0.2, 0) is 17.8 Å². The van der Waals surface area contributed by atoms with Crippen LogP contribution in [0, 0.1) is 11.7 Å². The number of nitrogen functional groups attached to an aromatic ring is 1. The zero-order valence-electron chi connectivity index (χ0n) is 20.5. The van der Waals surface area contributed by atoms with Crippen LogP contribution >= 0.6 is 0 Å². The Hall–Kier alpha value is -3.72. The SMILES string of the molecule is CCN(C(=O)CN1CCC(Cc2ccc(F)cc2)CC1)c1c(N)n(Cc2ccccc2)c(=O)[nH]c1=O. The van der Waals surface area contributed by atoms with E-state index in [1.165, 1.54) is 21.6 Å². The Balaban J connectivity index is 1.43. The van der Waals surface area contributed by atoms with Gasteiger partial charge in [-0.1, -0.05) is 42.5 Å². The van der Waals surface area contributed by atoms with Crippen molar-refractivity contribution in [3.63, 3.8) is 0 Å². The van der Waals surface area contributed by atoms with E-state index in [1.807, 2.05) is 42.5 Å². The van der Waals surface area contributed by atoms with Crippen molar-refractivity contribution >= 4 is 17.4 Å². The lowest BCUT2D eigenvalue weighted by Gasteiger charge is -2.33. The number of benzene rings is 2. The number of aromatic nitrogens is 2. The number of carbonyl (C=O) groups excluding carboxylic acids is 1. The summed E-state index contributed by atoms with van der Waals surface area (Å²) < 4.78 is 14.4. The number of halogens is 1. The van der Waals surface area contributed by atoms with Gasteiger partial charge < -0.3 is 10.6 Å². The van der Waals surface area contributed by atoms with Crippen LogP contribution in [0.1, 0.15) is 30.9 Å². The lowest BCUT2D eigenvalue weighted by Crippen LogP contribution is -2.46. The van der Waals surface area contributed by atoms with Gasteiger partial charge in [-0.2, -0.15) is 0 Å². The van der Waals surface area contributed by atoms with E-state index >= 15 is 0 Å². The highest BCUT2D eigenvalue weighted by Crippen LogP contribution is 2.23. The minimum atomic E-state index is -0.671. The van der Waals surface area contributed by atoms with E-state index in [1.54, 1.807) is 6.92 Å². The van der Waals surface area contributed by atoms with E-state index in [-0.39, 0.29) is 42.9 Å². The summed E-state index contributed by atoms with van der Waals surface area (Å²) >= 11 is 0. The van der Waals surface area contributed by atoms with Crippen LogP contribution in [0.15, 0.2) is 64.2 Å².